The van der Waals surface area contributed by atoms with Crippen molar-refractivity contribution in [3.05, 3.63) is 58.6 Å². The van der Waals surface area contributed by atoms with E-state index in [1.54, 1.807) is 17.1 Å². The van der Waals surface area contributed by atoms with E-state index in [-0.39, 0.29) is 17.5 Å². The van der Waals surface area contributed by atoms with E-state index in [1.165, 1.54) is 6.07 Å². The van der Waals surface area contributed by atoms with Gasteiger partial charge in [-0.05, 0) is 18.9 Å². The van der Waals surface area contributed by atoms with Crippen molar-refractivity contribution in [2.75, 3.05) is 6.54 Å². The van der Waals surface area contributed by atoms with Gasteiger partial charge in [-0.2, -0.15) is 0 Å². The van der Waals surface area contributed by atoms with Gasteiger partial charge < -0.3 is 9.88 Å². The Kier molecular flexibility index (Phi) is 3.60. The maximum atomic E-state index is 13.1. The minimum absolute atomic E-state index is 0.0669. The molecule has 0 aliphatic carbocycles. The summed E-state index contributed by atoms with van der Waals surface area (Å²) in [6.45, 7) is 1.31. The van der Waals surface area contributed by atoms with Gasteiger partial charge in [0.15, 0.2) is 0 Å². The van der Waals surface area contributed by atoms with Crippen LogP contribution in [0.25, 0.3) is 10.9 Å². The molecule has 0 bridgehead atoms. The van der Waals surface area contributed by atoms with Gasteiger partial charge in [-0.1, -0.05) is 23.4 Å². The first-order valence-corrected chi connectivity index (χ1v) is 7.99. The highest BCUT2D eigenvalue weighted by Gasteiger charge is 2.30. The molecule has 4 rings (SSSR count). The second-order valence-electron chi connectivity index (χ2n) is 6.01. The Balaban J connectivity index is 1.69. The first-order chi connectivity index (χ1) is 11.7. The fraction of sp³-hybridized carbons (Fsp3) is 0.294. The van der Waals surface area contributed by atoms with Crippen LogP contribution in [0.4, 0.5) is 0 Å². The van der Waals surface area contributed by atoms with Crippen molar-refractivity contribution in [3.63, 3.8) is 0 Å². The van der Waals surface area contributed by atoms with Crippen LogP contribution in [0.5, 0.6) is 0 Å². The second kappa shape index (κ2) is 5.92. The lowest BCUT2D eigenvalue weighted by Crippen LogP contribution is -2.38. The number of rotatable bonds is 3. The van der Waals surface area contributed by atoms with E-state index in [4.69, 9.17) is 0 Å². The SMILES string of the molecule is O=C(c1cc(=O)[nH]c2ccccc12)N1CCC[C@H]1Cn1ccnn1. The number of hydrogen-bond donors (Lipinski definition) is 1. The highest BCUT2D eigenvalue weighted by Crippen LogP contribution is 2.24. The number of carbonyl (C=O) groups excluding carboxylic acids is 1. The van der Waals surface area contributed by atoms with Crippen LogP contribution in [0.1, 0.15) is 23.2 Å². The minimum atomic E-state index is -0.260. The molecule has 3 aromatic rings. The molecule has 7 nitrogen and oxygen atoms in total. The summed E-state index contributed by atoms with van der Waals surface area (Å²) in [5, 5.41) is 8.56. The van der Waals surface area contributed by atoms with Crippen molar-refractivity contribution in [1.82, 2.24) is 24.9 Å². The maximum absolute atomic E-state index is 13.1. The summed E-state index contributed by atoms with van der Waals surface area (Å²) < 4.78 is 1.74. The van der Waals surface area contributed by atoms with Crippen molar-refractivity contribution in [2.24, 2.45) is 0 Å². The van der Waals surface area contributed by atoms with Gasteiger partial charge in [0.25, 0.3) is 5.91 Å². The van der Waals surface area contributed by atoms with Crippen LogP contribution in [0.2, 0.25) is 0 Å². The van der Waals surface area contributed by atoms with E-state index in [0.717, 1.165) is 18.2 Å². The number of nitrogens with one attached hydrogen (secondary N) is 1. The van der Waals surface area contributed by atoms with Crippen LogP contribution in [0.15, 0.2) is 47.5 Å². The molecule has 2 aromatic heterocycles. The summed E-state index contributed by atoms with van der Waals surface area (Å²) in [6.07, 6.45) is 5.30. The monoisotopic (exact) mass is 323 g/mol. The lowest BCUT2D eigenvalue weighted by Gasteiger charge is -2.25. The standard InChI is InChI=1S/C17H17N5O2/c23-16-10-14(13-5-1-2-6-15(13)19-16)17(24)22-8-3-4-12(22)11-21-9-7-18-20-21/h1-2,5-7,9-10,12H,3-4,8,11H2,(H,19,23)/t12-/m0/s1. The summed E-state index contributed by atoms with van der Waals surface area (Å²) in [6, 6.07) is 8.85. The molecule has 1 N–H and O–H groups in total. The number of likely N-dealkylation sites (tertiary alicyclic amines) is 1. The summed E-state index contributed by atoms with van der Waals surface area (Å²) in [5.74, 6) is -0.0973. The van der Waals surface area contributed by atoms with Crippen LogP contribution < -0.4 is 5.56 Å². The zero-order chi connectivity index (χ0) is 16.5. The molecule has 0 spiro atoms. The number of carbonyl (C=O) groups is 1. The topological polar surface area (TPSA) is 83.9 Å². The molecule has 7 heteroatoms. The molecule has 0 saturated carbocycles. The third kappa shape index (κ3) is 2.58. The summed E-state index contributed by atoms with van der Waals surface area (Å²) >= 11 is 0. The molecule has 1 aromatic carbocycles. The molecule has 3 heterocycles. The Labute approximate surface area is 137 Å². The first kappa shape index (κ1) is 14.6. The number of aromatic amines is 1. The van der Waals surface area contributed by atoms with E-state index in [1.807, 2.05) is 29.2 Å². The third-order valence-corrected chi connectivity index (χ3v) is 4.49. The van der Waals surface area contributed by atoms with Crippen LogP contribution in [-0.2, 0) is 6.54 Å². The Hall–Kier alpha value is -2.96. The number of aromatic nitrogens is 4. The van der Waals surface area contributed by atoms with Crippen LogP contribution >= 0.6 is 0 Å². The van der Waals surface area contributed by atoms with Gasteiger partial charge in [-0.15, -0.1) is 5.10 Å². The number of H-pyrrole nitrogens is 1. The van der Waals surface area contributed by atoms with Crippen molar-refractivity contribution >= 4 is 16.8 Å². The molecule has 1 aliphatic heterocycles. The van der Waals surface area contributed by atoms with Crippen LogP contribution in [0.3, 0.4) is 0 Å². The number of hydrogen-bond acceptors (Lipinski definition) is 4. The Bertz CT molecular complexity index is 932. The van der Waals surface area contributed by atoms with Gasteiger partial charge in [0.05, 0.1) is 24.3 Å². The normalized spacial score (nSPS) is 17.5. The molecule has 122 valence electrons. The molecule has 1 atom stereocenters. The van der Waals surface area contributed by atoms with Crippen molar-refractivity contribution in [2.45, 2.75) is 25.4 Å². The second-order valence-corrected chi connectivity index (χ2v) is 6.01. The molecule has 0 unspecified atom stereocenters. The first-order valence-electron chi connectivity index (χ1n) is 7.99. The predicted octanol–water partition coefficient (Wildman–Crippen LogP) is 1.42. The van der Waals surface area contributed by atoms with Gasteiger partial charge in [-0.3, -0.25) is 14.3 Å². The summed E-state index contributed by atoms with van der Waals surface area (Å²) in [7, 11) is 0. The van der Waals surface area contributed by atoms with Crippen molar-refractivity contribution < 1.29 is 4.79 Å². The van der Waals surface area contributed by atoms with E-state index < -0.39 is 0 Å². The van der Waals surface area contributed by atoms with Gasteiger partial charge in [0, 0.05) is 29.7 Å². The number of nitrogens with zero attached hydrogens (tertiary/aromatic N) is 4. The zero-order valence-corrected chi connectivity index (χ0v) is 13.1. The number of amides is 1. The lowest BCUT2D eigenvalue weighted by molar-refractivity contribution is 0.0723. The van der Waals surface area contributed by atoms with Gasteiger partial charge in [-0.25, -0.2) is 0 Å². The Morgan fingerprint density at radius 1 is 1.33 bits per heavy atom. The molecule has 24 heavy (non-hydrogen) atoms. The predicted molar refractivity (Wildman–Crippen MR) is 88.6 cm³/mol. The Morgan fingerprint density at radius 3 is 3.04 bits per heavy atom. The molecule has 1 fully saturated rings. The smallest absolute Gasteiger partial charge is 0.255 e. The van der Waals surface area contributed by atoms with E-state index in [2.05, 4.69) is 15.3 Å². The maximum Gasteiger partial charge on any atom is 0.255 e. The van der Waals surface area contributed by atoms with Gasteiger partial charge in [0.1, 0.15) is 0 Å². The number of para-hydroxylation sites is 1. The highest BCUT2D eigenvalue weighted by atomic mass is 16.2. The average Bonchev–Trinajstić information content (AvgIpc) is 3.26. The zero-order valence-electron chi connectivity index (χ0n) is 13.1. The molecule has 0 radical (unpaired) electrons. The van der Waals surface area contributed by atoms with E-state index in [0.29, 0.717) is 24.2 Å². The number of benzene rings is 1. The van der Waals surface area contributed by atoms with E-state index >= 15 is 0 Å². The van der Waals surface area contributed by atoms with Gasteiger partial charge in [0.2, 0.25) is 5.56 Å². The minimum Gasteiger partial charge on any atom is -0.334 e. The quantitative estimate of drug-likeness (QED) is 0.790. The molecule has 1 amide bonds. The van der Waals surface area contributed by atoms with Crippen molar-refractivity contribution in [3.8, 4) is 0 Å². The van der Waals surface area contributed by atoms with Crippen LogP contribution in [0, 0.1) is 0 Å². The van der Waals surface area contributed by atoms with Gasteiger partial charge >= 0.3 is 0 Å². The molecular weight excluding hydrogens is 306 g/mol. The molecule has 1 saturated heterocycles. The number of fused-ring (bicyclic) bond motifs is 1. The number of pyridine rings is 1. The lowest BCUT2D eigenvalue weighted by atomic mass is 10.1. The summed E-state index contributed by atoms with van der Waals surface area (Å²) in [4.78, 5) is 29.6. The van der Waals surface area contributed by atoms with Crippen LogP contribution in [-0.4, -0.2) is 43.4 Å². The molecular formula is C17H17N5O2. The fourth-order valence-electron chi connectivity index (χ4n) is 3.38. The summed E-state index contributed by atoms with van der Waals surface area (Å²) in [5.41, 5.74) is 0.879. The highest BCUT2D eigenvalue weighted by molar-refractivity contribution is 6.06. The van der Waals surface area contributed by atoms with Crippen molar-refractivity contribution in [1.29, 1.82) is 0 Å². The average molecular weight is 323 g/mol. The third-order valence-electron chi connectivity index (χ3n) is 4.49. The largest absolute Gasteiger partial charge is 0.334 e. The van der Waals surface area contributed by atoms with E-state index in [9.17, 15) is 9.59 Å². The fourth-order valence-corrected chi connectivity index (χ4v) is 3.38. The molecule has 1 aliphatic rings. The Morgan fingerprint density at radius 2 is 2.21 bits per heavy atom.